The van der Waals surface area contributed by atoms with Crippen LogP contribution in [0.3, 0.4) is 0 Å². The second-order valence-electron chi connectivity index (χ2n) is 9.20. The number of aldehydes is 1. The van der Waals surface area contributed by atoms with E-state index >= 15 is 0 Å². The van der Waals surface area contributed by atoms with Gasteiger partial charge in [0.25, 0.3) is 6.47 Å². The van der Waals surface area contributed by atoms with E-state index in [-0.39, 0.29) is 36.5 Å². The van der Waals surface area contributed by atoms with E-state index < -0.39 is 32.2 Å². The smallest absolute Gasteiger partial charge is 0.467 e. The number of hydrogen-bond donors (Lipinski definition) is 0. The summed E-state index contributed by atoms with van der Waals surface area (Å²) >= 11 is 0. The van der Waals surface area contributed by atoms with Gasteiger partial charge in [-0.15, -0.1) is 0 Å². The predicted octanol–water partition coefficient (Wildman–Crippen LogP) is 4.22. The third-order valence-electron chi connectivity index (χ3n) is 7.08. The first-order valence-electron chi connectivity index (χ1n) is 11.2. The van der Waals surface area contributed by atoms with Gasteiger partial charge in [-0.1, -0.05) is 26.5 Å². The highest BCUT2D eigenvalue weighted by molar-refractivity contribution is 7.87. The van der Waals surface area contributed by atoms with Gasteiger partial charge in [0.2, 0.25) is 5.78 Å². The number of halogens is 3. The number of alkyl halides is 3. The van der Waals surface area contributed by atoms with E-state index in [9.17, 15) is 40.8 Å². The van der Waals surface area contributed by atoms with Crippen LogP contribution < -0.4 is 0 Å². The summed E-state index contributed by atoms with van der Waals surface area (Å²) in [4.78, 5) is 44.4. The summed E-state index contributed by atoms with van der Waals surface area (Å²) < 4.78 is 68.1. The summed E-state index contributed by atoms with van der Waals surface area (Å²) in [6.45, 7) is 10.1. The second kappa shape index (κ2) is 12.0. The highest BCUT2D eigenvalue weighted by Gasteiger charge is 2.52. The molecular weight excluding hydrogens is 505 g/mol. The van der Waals surface area contributed by atoms with E-state index in [4.69, 9.17) is 0 Å². The van der Waals surface area contributed by atoms with Crippen molar-refractivity contribution in [2.75, 3.05) is 6.61 Å². The van der Waals surface area contributed by atoms with Gasteiger partial charge in [-0.2, -0.15) is 21.6 Å². The fourth-order valence-electron chi connectivity index (χ4n) is 4.18. The van der Waals surface area contributed by atoms with E-state index in [1.165, 1.54) is 19.1 Å². The summed E-state index contributed by atoms with van der Waals surface area (Å²) in [7, 11) is -5.73. The SMILES string of the molecule is C=CC(=O)C1=CCC[C@@H](C)[C@@]1(C)C(=O)C=O.C[C@@H]1CCC=C(OS(=O)(=O)C(F)(F)F)[C@]1(C)COC=O. The second-order valence-corrected chi connectivity index (χ2v) is 10.7. The molecule has 36 heavy (non-hydrogen) atoms. The molecule has 0 bridgehead atoms. The molecule has 2 rings (SSSR count). The lowest BCUT2D eigenvalue weighted by atomic mass is 9.64. The van der Waals surface area contributed by atoms with Crippen LogP contribution in [0.1, 0.15) is 53.4 Å². The van der Waals surface area contributed by atoms with Gasteiger partial charge in [0.05, 0.1) is 10.8 Å². The molecule has 0 N–H and O–H groups in total. The third kappa shape index (κ3) is 6.51. The van der Waals surface area contributed by atoms with Crippen LogP contribution in [0.4, 0.5) is 13.2 Å². The molecule has 8 nitrogen and oxygen atoms in total. The Balaban J connectivity index is 0.000000369. The standard InChI is InChI=1S/C13H16O3.C11H15F3O5S/c1-4-11(15)10-7-5-6-9(2)13(10,3)12(16)8-14;1-8-4-3-5-9(10(8,2)6-18-7-15)19-20(16,17)11(12,13)14/h4,7-9H,1,5-6H2,2-3H3;5,7-8H,3-4,6H2,1-2H3/t9-,13-;8-,10-/m11/s1. The van der Waals surface area contributed by atoms with Gasteiger partial charge < -0.3 is 8.92 Å². The van der Waals surface area contributed by atoms with Crippen molar-refractivity contribution in [2.45, 2.75) is 58.9 Å². The van der Waals surface area contributed by atoms with Gasteiger partial charge in [-0.25, -0.2) is 0 Å². The Bertz CT molecular complexity index is 1040. The molecule has 0 amide bonds. The summed E-state index contributed by atoms with van der Waals surface area (Å²) in [5.41, 5.74) is -7.18. The Morgan fingerprint density at radius 2 is 1.67 bits per heavy atom. The van der Waals surface area contributed by atoms with Crippen molar-refractivity contribution < 1.29 is 49.7 Å². The number of ketones is 2. The van der Waals surface area contributed by atoms with Gasteiger partial charge in [0.15, 0.2) is 12.1 Å². The molecule has 202 valence electrons. The molecule has 4 atom stereocenters. The van der Waals surface area contributed by atoms with Crippen LogP contribution in [0.2, 0.25) is 0 Å². The Labute approximate surface area is 208 Å². The molecule has 0 aromatic heterocycles. The lowest BCUT2D eigenvalue weighted by molar-refractivity contribution is -0.137. The monoisotopic (exact) mass is 536 g/mol. The topological polar surface area (TPSA) is 121 Å². The van der Waals surface area contributed by atoms with Gasteiger partial charge in [-0.05, 0) is 63.5 Å². The predicted molar refractivity (Wildman–Crippen MR) is 124 cm³/mol. The van der Waals surface area contributed by atoms with Crippen molar-refractivity contribution in [3.63, 3.8) is 0 Å². The maximum Gasteiger partial charge on any atom is 0.534 e. The van der Waals surface area contributed by atoms with Crippen LogP contribution in [0, 0.1) is 22.7 Å². The summed E-state index contributed by atoms with van der Waals surface area (Å²) in [5, 5.41) is 0. The molecule has 0 saturated heterocycles. The summed E-state index contributed by atoms with van der Waals surface area (Å²) in [6.07, 6.45) is 7.13. The first-order valence-corrected chi connectivity index (χ1v) is 12.6. The molecule has 0 radical (unpaired) electrons. The number of carbonyl (C=O) groups is 4. The number of hydrogen-bond acceptors (Lipinski definition) is 8. The maximum atomic E-state index is 12.4. The molecule has 0 aromatic carbocycles. The molecule has 0 saturated carbocycles. The van der Waals surface area contributed by atoms with E-state index in [0.29, 0.717) is 24.7 Å². The molecule has 2 aliphatic carbocycles. The summed E-state index contributed by atoms with van der Waals surface area (Å²) in [6, 6.07) is 0. The molecule has 0 spiro atoms. The lowest BCUT2D eigenvalue weighted by Crippen LogP contribution is -2.41. The lowest BCUT2D eigenvalue weighted by Gasteiger charge is -2.38. The van der Waals surface area contributed by atoms with Crippen molar-refractivity contribution in [1.29, 1.82) is 0 Å². The molecule has 12 heteroatoms. The number of carbonyl (C=O) groups excluding carboxylic acids is 4. The molecule has 2 aliphatic rings. The Morgan fingerprint density at radius 1 is 1.11 bits per heavy atom. The third-order valence-corrected chi connectivity index (χ3v) is 8.04. The zero-order valence-electron chi connectivity index (χ0n) is 20.6. The van der Waals surface area contributed by atoms with Gasteiger partial charge in [0.1, 0.15) is 12.4 Å². The Morgan fingerprint density at radius 3 is 2.17 bits per heavy atom. The zero-order chi connectivity index (χ0) is 27.9. The molecule has 0 unspecified atom stereocenters. The van der Waals surface area contributed by atoms with Gasteiger partial charge in [-0.3, -0.25) is 19.2 Å². The quantitative estimate of drug-likeness (QED) is 0.141. The van der Waals surface area contributed by atoms with E-state index in [1.54, 1.807) is 19.9 Å². The van der Waals surface area contributed by atoms with Crippen LogP contribution in [-0.2, 0) is 38.2 Å². The molecule has 0 aliphatic heterocycles. The maximum absolute atomic E-state index is 12.4. The van der Waals surface area contributed by atoms with Crippen molar-refractivity contribution in [3.05, 3.63) is 36.1 Å². The van der Waals surface area contributed by atoms with Gasteiger partial charge >= 0.3 is 15.6 Å². The van der Waals surface area contributed by atoms with Crippen molar-refractivity contribution >= 4 is 34.4 Å². The van der Waals surface area contributed by atoms with Crippen LogP contribution >= 0.6 is 0 Å². The minimum atomic E-state index is -5.73. The van der Waals surface area contributed by atoms with Crippen LogP contribution in [0.15, 0.2) is 36.1 Å². The number of ether oxygens (including phenoxy) is 1. The molecule has 0 heterocycles. The average Bonchev–Trinajstić information content (AvgIpc) is 2.81. The minimum Gasteiger partial charge on any atom is -0.467 e. The Kier molecular flexibility index (Phi) is 10.4. The minimum absolute atomic E-state index is 0.00546. The zero-order valence-corrected chi connectivity index (χ0v) is 21.4. The van der Waals surface area contributed by atoms with Crippen molar-refractivity contribution in [1.82, 2.24) is 0 Å². The molecule has 0 aromatic rings. The first-order chi connectivity index (χ1) is 16.5. The normalized spacial score (nSPS) is 28.3. The highest BCUT2D eigenvalue weighted by Crippen LogP contribution is 2.45. The number of allylic oxidation sites excluding steroid dienone is 4. The fourth-order valence-corrected chi connectivity index (χ4v) is 4.77. The fraction of sp³-hybridized carbons (Fsp3) is 0.583. The van der Waals surface area contributed by atoms with E-state index in [1.807, 2.05) is 6.92 Å². The van der Waals surface area contributed by atoms with Crippen LogP contribution in [-0.4, -0.2) is 44.9 Å². The highest BCUT2D eigenvalue weighted by atomic mass is 32.2. The van der Waals surface area contributed by atoms with Crippen molar-refractivity contribution in [2.24, 2.45) is 22.7 Å². The number of Topliss-reactive ketones (excluding diaryl/α,β-unsaturated/α-hetero) is 1. The van der Waals surface area contributed by atoms with Gasteiger partial charge in [0, 0.05) is 5.57 Å². The largest absolute Gasteiger partial charge is 0.534 e. The van der Waals surface area contributed by atoms with Crippen LogP contribution in [0.25, 0.3) is 0 Å². The molecular formula is C24H31F3O8S. The Hall–Kier alpha value is -2.76. The van der Waals surface area contributed by atoms with Crippen molar-refractivity contribution in [3.8, 4) is 0 Å². The van der Waals surface area contributed by atoms with E-state index in [2.05, 4.69) is 15.5 Å². The average molecular weight is 537 g/mol. The summed E-state index contributed by atoms with van der Waals surface area (Å²) in [5.74, 6) is -1.33. The first kappa shape index (κ1) is 31.3. The van der Waals surface area contributed by atoms with Crippen LogP contribution in [0.5, 0.6) is 0 Å². The number of rotatable bonds is 9. The van der Waals surface area contributed by atoms with E-state index in [0.717, 1.165) is 12.8 Å². The molecule has 0 fully saturated rings.